The SMILES string of the molecule is Cc1ccc(Br)c(C(=O)N2CCSC(C)(C)CC2)c1. The Kier molecular flexibility index (Phi) is 4.62. The second-order valence-electron chi connectivity index (χ2n) is 5.63. The standard InChI is InChI=1S/C15H20BrNOS/c1-11-4-5-13(16)12(10-11)14(18)17-7-6-15(2,3)19-9-8-17/h4-5,10H,6-9H2,1-3H3. The molecule has 104 valence electrons. The van der Waals surface area contributed by atoms with Gasteiger partial charge in [0.05, 0.1) is 5.56 Å². The molecule has 0 saturated carbocycles. The lowest BCUT2D eigenvalue weighted by atomic mass is 10.1. The number of thioether (sulfide) groups is 1. The summed E-state index contributed by atoms with van der Waals surface area (Å²) >= 11 is 5.45. The lowest BCUT2D eigenvalue weighted by Gasteiger charge is -2.23. The van der Waals surface area contributed by atoms with Crippen LogP contribution in [0.2, 0.25) is 0 Å². The van der Waals surface area contributed by atoms with Crippen molar-refractivity contribution in [3.8, 4) is 0 Å². The van der Waals surface area contributed by atoms with E-state index in [1.54, 1.807) is 0 Å². The number of amides is 1. The first-order chi connectivity index (χ1) is 8.89. The predicted molar refractivity (Wildman–Crippen MR) is 85.9 cm³/mol. The molecule has 0 unspecified atom stereocenters. The van der Waals surface area contributed by atoms with Crippen molar-refractivity contribution in [1.29, 1.82) is 0 Å². The van der Waals surface area contributed by atoms with Gasteiger partial charge in [-0.05, 0) is 41.4 Å². The minimum absolute atomic E-state index is 0.147. The molecule has 0 bridgehead atoms. The Morgan fingerprint density at radius 1 is 1.37 bits per heavy atom. The number of rotatable bonds is 1. The first-order valence-electron chi connectivity index (χ1n) is 6.58. The molecule has 1 aromatic carbocycles. The number of aryl methyl sites for hydroxylation is 1. The Labute approximate surface area is 128 Å². The van der Waals surface area contributed by atoms with Crippen LogP contribution in [0.3, 0.4) is 0 Å². The number of hydrogen-bond acceptors (Lipinski definition) is 2. The molecule has 1 aliphatic heterocycles. The molecule has 0 radical (unpaired) electrons. The third-order valence-electron chi connectivity index (χ3n) is 3.48. The number of carbonyl (C=O) groups excluding carboxylic acids is 1. The molecule has 0 spiro atoms. The van der Waals surface area contributed by atoms with E-state index in [1.165, 1.54) is 0 Å². The largest absolute Gasteiger partial charge is 0.338 e. The van der Waals surface area contributed by atoms with Gasteiger partial charge in [0.2, 0.25) is 0 Å². The van der Waals surface area contributed by atoms with Crippen molar-refractivity contribution in [2.24, 2.45) is 0 Å². The summed E-state index contributed by atoms with van der Waals surface area (Å²) in [4.78, 5) is 14.6. The molecule has 1 saturated heterocycles. The number of benzene rings is 1. The number of halogens is 1. The highest BCUT2D eigenvalue weighted by Crippen LogP contribution is 2.31. The first kappa shape index (κ1) is 14.9. The Balaban J connectivity index is 2.17. The van der Waals surface area contributed by atoms with E-state index >= 15 is 0 Å². The van der Waals surface area contributed by atoms with Crippen molar-refractivity contribution in [3.63, 3.8) is 0 Å². The topological polar surface area (TPSA) is 20.3 Å². The quantitative estimate of drug-likeness (QED) is 0.765. The second-order valence-corrected chi connectivity index (χ2v) is 8.29. The average Bonchev–Trinajstić information content (AvgIpc) is 2.52. The third kappa shape index (κ3) is 3.76. The lowest BCUT2D eigenvalue weighted by Crippen LogP contribution is -2.33. The van der Waals surface area contributed by atoms with Gasteiger partial charge in [0.1, 0.15) is 0 Å². The molecule has 1 aromatic rings. The molecule has 0 N–H and O–H groups in total. The lowest BCUT2D eigenvalue weighted by molar-refractivity contribution is 0.0763. The summed E-state index contributed by atoms with van der Waals surface area (Å²) in [5.41, 5.74) is 1.90. The van der Waals surface area contributed by atoms with E-state index in [0.717, 1.165) is 40.9 Å². The Hall–Kier alpha value is -0.480. The fourth-order valence-electron chi connectivity index (χ4n) is 2.20. The number of carbonyl (C=O) groups is 1. The highest BCUT2D eigenvalue weighted by Gasteiger charge is 2.27. The first-order valence-corrected chi connectivity index (χ1v) is 8.36. The van der Waals surface area contributed by atoms with Crippen molar-refractivity contribution in [1.82, 2.24) is 4.90 Å². The van der Waals surface area contributed by atoms with E-state index < -0.39 is 0 Å². The zero-order chi connectivity index (χ0) is 14.0. The van der Waals surface area contributed by atoms with E-state index in [-0.39, 0.29) is 10.7 Å². The monoisotopic (exact) mass is 341 g/mol. The molecule has 0 atom stereocenters. The minimum Gasteiger partial charge on any atom is -0.338 e. The maximum atomic E-state index is 12.6. The minimum atomic E-state index is 0.147. The summed E-state index contributed by atoms with van der Waals surface area (Å²) in [6.07, 6.45) is 1.05. The molecule has 1 aliphatic rings. The molecular formula is C15H20BrNOS. The molecule has 1 fully saturated rings. The highest BCUT2D eigenvalue weighted by atomic mass is 79.9. The fourth-order valence-corrected chi connectivity index (χ4v) is 3.71. The van der Waals surface area contributed by atoms with Crippen LogP contribution in [0.15, 0.2) is 22.7 Å². The predicted octanol–water partition coefficient (Wildman–Crippen LogP) is 4.12. The van der Waals surface area contributed by atoms with E-state index in [1.807, 2.05) is 41.8 Å². The third-order valence-corrected chi connectivity index (χ3v) is 5.54. The summed E-state index contributed by atoms with van der Waals surface area (Å²) in [5, 5.41) is 0. The van der Waals surface area contributed by atoms with Crippen molar-refractivity contribution in [2.75, 3.05) is 18.8 Å². The van der Waals surface area contributed by atoms with Crippen molar-refractivity contribution < 1.29 is 4.79 Å². The molecule has 0 aromatic heterocycles. The average molecular weight is 342 g/mol. The molecule has 2 rings (SSSR count). The molecular weight excluding hydrogens is 322 g/mol. The molecule has 19 heavy (non-hydrogen) atoms. The molecule has 1 heterocycles. The molecule has 1 amide bonds. The second kappa shape index (κ2) is 5.88. The van der Waals surface area contributed by atoms with E-state index in [2.05, 4.69) is 29.8 Å². The summed E-state index contributed by atoms with van der Waals surface area (Å²) in [7, 11) is 0. The van der Waals surface area contributed by atoms with Gasteiger partial charge in [-0.25, -0.2) is 0 Å². The normalized spacial score (nSPS) is 19.1. The van der Waals surface area contributed by atoms with Crippen LogP contribution in [0, 0.1) is 6.92 Å². The van der Waals surface area contributed by atoms with E-state index in [4.69, 9.17) is 0 Å². The van der Waals surface area contributed by atoms with Crippen LogP contribution < -0.4 is 0 Å². The Morgan fingerprint density at radius 2 is 2.11 bits per heavy atom. The van der Waals surface area contributed by atoms with E-state index in [9.17, 15) is 4.79 Å². The van der Waals surface area contributed by atoms with Crippen LogP contribution in [0.4, 0.5) is 0 Å². The van der Waals surface area contributed by atoms with E-state index in [0.29, 0.717) is 0 Å². The Bertz CT molecular complexity index is 487. The van der Waals surface area contributed by atoms with Gasteiger partial charge >= 0.3 is 0 Å². The van der Waals surface area contributed by atoms with Crippen LogP contribution in [-0.2, 0) is 0 Å². The van der Waals surface area contributed by atoms with Crippen molar-refractivity contribution in [2.45, 2.75) is 31.9 Å². The summed E-state index contributed by atoms with van der Waals surface area (Å²) in [5.74, 6) is 1.16. The van der Waals surface area contributed by atoms with Crippen molar-refractivity contribution >= 4 is 33.6 Å². The summed E-state index contributed by atoms with van der Waals surface area (Å²) < 4.78 is 1.16. The molecule has 2 nitrogen and oxygen atoms in total. The summed E-state index contributed by atoms with van der Waals surface area (Å²) in [6, 6.07) is 5.94. The highest BCUT2D eigenvalue weighted by molar-refractivity contribution is 9.10. The van der Waals surface area contributed by atoms with Crippen LogP contribution in [0.5, 0.6) is 0 Å². The molecule has 0 aliphatic carbocycles. The fraction of sp³-hybridized carbons (Fsp3) is 0.533. The maximum absolute atomic E-state index is 12.6. The van der Waals surface area contributed by atoms with Gasteiger partial charge in [0.15, 0.2) is 0 Å². The number of hydrogen-bond donors (Lipinski definition) is 0. The van der Waals surface area contributed by atoms with Crippen LogP contribution in [0.1, 0.15) is 36.2 Å². The van der Waals surface area contributed by atoms with Gasteiger partial charge in [-0.1, -0.05) is 25.5 Å². The smallest absolute Gasteiger partial charge is 0.255 e. The zero-order valence-electron chi connectivity index (χ0n) is 11.7. The van der Waals surface area contributed by atoms with Crippen LogP contribution in [0.25, 0.3) is 0 Å². The Morgan fingerprint density at radius 3 is 2.84 bits per heavy atom. The van der Waals surface area contributed by atoms with Gasteiger partial charge in [-0.2, -0.15) is 11.8 Å². The van der Waals surface area contributed by atoms with Gasteiger partial charge < -0.3 is 4.90 Å². The van der Waals surface area contributed by atoms with Crippen LogP contribution in [-0.4, -0.2) is 34.4 Å². The van der Waals surface area contributed by atoms with Crippen molar-refractivity contribution in [3.05, 3.63) is 33.8 Å². The molecule has 4 heteroatoms. The van der Waals surface area contributed by atoms with Gasteiger partial charge in [-0.3, -0.25) is 4.79 Å². The maximum Gasteiger partial charge on any atom is 0.255 e. The number of nitrogens with zero attached hydrogens (tertiary/aromatic N) is 1. The van der Waals surface area contributed by atoms with Gasteiger partial charge in [0, 0.05) is 28.1 Å². The van der Waals surface area contributed by atoms with Crippen LogP contribution >= 0.6 is 27.7 Å². The van der Waals surface area contributed by atoms with Gasteiger partial charge in [0.25, 0.3) is 5.91 Å². The zero-order valence-corrected chi connectivity index (χ0v) is 14.1. The summed E-state index contributed by atoms with van der Waals surface area (Å²) in [6.45, 7) is 8.22. The van der Waals surface area contributed by atoms with Gasteiger partial charge in [-0.15, -0.1) is 0 Å².